The van der Waals surface area contributed by atoms with Crippen LogP contribution < -0.4 is 0 Å². The fourth-order valence-corrected chi connectivity index (χ4v) is 9.61. The van der Waals surface area contributed by atoms with Gasteiger partial charge in [0.05, 0.1) is 6.61 Å². The Hall–Kier alpha value is -1.37. The highest BCUT2D eigenvalue weighted by atomic mass is 31.2. The summed E-state index contributed by atoms with van der Waals surface area (Å²) in [4.78, 5) is 73.2. The maximum absolute atomic E-state index is 13.1. The van der Waals surface area contributed by atoms with E-state index in [9.17, 15) is 63.1 Å². The van der Waals surface area contributed by atoms with Gasteiger partial charge in [0.1, 0.15) is 43.2 Å². The summed E-state index contributed by atoms with van der Waals surface area (Å²) in [7, 11) is -16.6. The van der Waals surface area contributed by atoms with Crippen LogP contribution >= 0.6 is 23.5 Å². The highest BCUT2D eigenvalue weighted by Crippen LogP contribution is 2.51. The molecule has 19 nitrogen and oxygen atoms in total. The number of hydrogen-bond acceptors (Lipinski definition) is 14. The number of phosphoric acid groups is 3. The number of phosphoric ester groups is 3. The zero-order chi connectivity index (χ0) is 50.0. The third-order valence-corrected chi connectivity index (χ3v) is 13.3. The molecule has 67 heavy (non-hydrogen) atoms. The molecule has 5 unspecified atom stereocenters. The normalized spacial score (nSPS) is 21.8. The Morgan fingerprint density at radius 1 is 0.463 bits per heavy atom. The van der Waals surface area contributed by atoms with Crippen molar-refractivity contribution in [3.8, 4) is 0 Å². The Kier molecular flexibility index (Phi) is 35.5. The Balaban J connectivity index is 2.72. The molecular weight excluding hydrogens is 937 g/mol. The van der Waals surface area contributed by atoms with Crippen LogP contribution in [0.3, 0.4) is 0 Å². The van der Waals surface area contributed by atoms with Crippen LogP contribution in [0.25, 0.3) is 0 Å². The van der Waals surface area contributed by atoms with Crippen molar-refractivity contribution < 1.29 is 90.6 Å². The molecule has 8 atom stereocenters. The molecule has 1 aliphatic rings. The second-order valence-corrected chi connectivity index (χ2v) is 21.2. The molecule has 0 heterocycles. The molecule has 0 aliphatic heterocycles. The van der Waals surface area contributed by atoms with E-state index >= 15 is 0 Å². The van der Waals surface area contributed by atoms with Crippen molar-refractivity contribution in [2.75, 3.05) is 13.2 Å². The molecule has 0 bridgehead atoms. The molecule has 0 saturated heterocycles. The molecule has 0 radical (unpaired) electrons. The van der Waals surface area contributed by atoms with Gasteiger partial charge in [-0.25, -0.2) is 13.7 Å². The summed E-state index contributed by atoms with van der Waals surface area (Å²) in [6.07, 6.45) is 20.5. The lowest BCUT2D eigenvalue weighted by atomic mass is 9.85. The van der Waals surface area contributed by atoms with E-state index in [-0.39, 0.29) is 12.8 Å². The Morgan fingerprint density at radius 3 is 1.25 bits per heavy atom. The van der Waals surface area contributed by atoms with Crippen molar-refractivity contribution in [3.05, 3.63) is 24.3 Å². The van der Waals surface area contributed by atoms with Crippen LogP contribution in [0.15, 0.2) is 24.3 Å². The van der Waals surface area contributed by atoms with Crippen molar-refractivity contribution in [3.63, 3.8) is 0 Å². The van der Waals surface area contributed by atoms with Gasteiger partial charge in [-0.2, -0.15) is 0 Å². The van der Waals surface area contributed by atoms with Gasteiger partial charge in [-0.1, -0.05) is 141 Å². The van der Waals surface area contributed by atoms with Gasteiger partial charge in [0, 0.05) is 12.8 Å². The predicted octanol–water partition coefficient (Wildman–Crippen LogP) is 9.07. The minimum absolute atomic E-state index is 0.00709. The first-order chi connectivity index (χ1) is 31.8. The van der Waals surface area contributed by atoms with E-state index in [4.69, 9.17) is 18.5 Å². The Morgan fingerprint density at radius 2 is 0.821 bits per heavy atom. The van der Waals surface area contributed by atoms with Gasteiger partial charge in [0.25, 0.3) is 0 Å². The second kappa shape index (κ2) is 37.4. The van der Waals surface area contributed by atoms with Gasteiger partial charge in [-0.15, -0.1) is 0 Å². The van der Waals surface area contributed by atoms with E-state index in [1.54, 1.807) is 0 Å². The third kappa shape index (κ3) is 33.8. The fourth-order valence-electron chi connectivity index (χ4n) is 7.51. The van der Waals surface area contributed by atoms with Crippen LogP contribution in [0.4, 0.5) is 0 Å². The minimum atomic E-state index is -5.60. The van der Waals surface area contributed by atoms with Gasteiger partial charge >= 0.3 is 35.4 Å². The quantitative estimate of drug-likeness (QED) is 0.0122. The van der Waals surface area contributed by atoms with Gasteiger partial charge in [0.2, 0.25) is 0 Å². The number of aliphatic hydroxyl groups excluding tert-OH is 3. The summed E-state index contributed by atoms with van der Waals surface area (Å²) >= 11 is 0. The lowest BCUT2D eigenvalue weighted by Gasteiger charge is -2.44. The average Bonchev–Trinajstić information content (AvgIpc) is 3.25. The molecule has 0 spiro atoms. The first kappa shape index (κ1) is 63.6. The topological polar surface area (TPSA) is 303 Å². The first-order valence-corrected chi connectivity index (χ1v) is 29.2. The molecule has 0 aromatic heterocycles. The summed E-state index contributed by atoms with van der Waals surface area (Å²) in [6.45, 7) is 2.93. The molecule has 8 N–H and O–H groups in total. The Labute approximate surface area is 398 Å². The number of rotatable bonds is 42. The van der Waals surface area contributed by atoms with Gasteiger partial charge in [-0.05, 0) is 64.2 Å². The van der Waals surface area contributed by atoms with E-state index in [1.165, 1.54) is 64.2 Å². The molecule has 0 aromatic rings. The number of esters is 2. The molecule has 1 rings (SSSR count). The number of carbonyl (C=O) groups is 2. The summed E-state index contributed by atoms with van der Waals surface area (Å²) in [5.74, 6) is -1.31. The van der Waals surface area contributed by atoms with Gasteiger partial charge in [-0.3, -0.25) is 27.7 Å². The highest BCUT2D eigenvalue weighted by molar-refractivity contribution is 7.47. The van der Waals surface area contributed by atoms with E-state index in [2.05, 4.69) is 47.2 Å². The number of carbonyl (C=O) groups excluding carboxylic acids is 2. The summed E-state index contributed by atoms with van der Waals surface area (Å²) < 4.78 is 65.5. The summed E-state index contributed by atoms with van der Waals surface area (Å²) in [6, 6.07) is 0. The smallest absolute Gasteiger partial charge is 0.462 e. The zero-order valence-corrected chi connectivity index (χ0v) is 42.7. The molecule has 22 heteroatoms. The Bertz CT molecular complexity index is 1500. The van der Waals surface area contributed by atoms with E-state index in [1.807, 2.05) is 0 Å². The summed E-state index contributed by atoms with van der Waals surface area (Å²) in [5, 5.41) is 31.9. The molecule has 1 saturated carbocycles. The van der Waals surface area contributed by atoms with Crippen molar-refractivity contribution in [2.45, 2.75) is 236 Å². The number of allylic oxidation sites excluding steroid dienone is 4. The number of hydrogen-bond donors (Lipinski definition) is 8. The van der Waals surface area contributed by atoms with E-state index in [0.717, 1.165) is 89.9 Å². The molecular formula is C45H85O19P3. The van der Waals surface area contributed by atoms with Crippen LogP contribution in [0.1, 0.15) is 194 Å². The molecule has 394 valence electrons. The lowest BCUT2D eigenvalue weighted by molar-refractivity contribution is -0.213. The van der Waals surface area contributed by atoms with E-state index < -0.39 is 91.3 Å². The lowest BCUT2D eigenvalue weighted by Crippen LogP contribution is -2.65. The largest absolute Gasteiger partial charge is 0.472 e. The molecule has 0 amide bonds. The van der Waals surface area contributed by atoms with Crippen molar-refractivity contribution in [1.29, 1.82) is 0 Å². The fraction of sp³-hybridized carbons (Fsp3) is 0.867. The van der Waals surface area contributed by atoms with Crippen LogP contribution in [-0.2, 0) is 50.9 Å². The van der Waals surface area contributed by atoms with E-state index in [0.29, 0.717) is 12.8 Å². The van der Waals surface area contributed by atoms with Crippen LogP contribution in [0, 0.1) is 0 Å². The van der Waals surface area contributed by atoms with Crippen LogP contribution in [-0.4, -0.2) is 108 Å². The number of aliphatic hydroxyl groups is 3. The molecule has 1 fully saturated rings. The zero-order valence-electron chi connectivity index (χ0n) is 40.0. The third-order valence-electron chi connectivity index (χ3n) is 11.2. The maximum Gasteiger partial charge on any atom is 0.472 e. The highest BCUT2D eigenvalue weighted by Gasteiger charge is 2.56. The molecule has 0 aromatic carbocycles. The second-order valence-electron chi connectivity index (χ2n) is 17.4. The van der Waals surface area contributed by atoms with Gasteiger partial charge in [0.15, 0.2) is 6.10 Å². The predicted molar refractivity (Wildman–Crippen MR) is 252 cm³/mol. The average molecular weight is 1020 g/mol. The van der Waals surface area contributed by atoms with Crippen molar-refractivity contribution in [2.24, 2.45) is 0 Å². The SMILES string of the molecule is CCCCCCC=CCCCCCCCCCC(=O)O[C@H](COC(=O)CCCCCCCC=CCCCCCCCC)COP(=O)(O)O[C@H]1C(O)C(O)C(OP(=O)(O)O)[C@@H](OP(=O)(O)O)C1O. The first-order valence-electron chi connectivity index (χ1n) is 24.6. The standard InChI is InChI=1S/C45H85O19P3/c1-3-5-7-9-11-13-15-17-19-21-23-25-27-29-31-33-38(46)59-35-37(61-39(47)34-32-30-28-26-24-22-20-18-16-14-12-10-8-6-4-2)36-60-67(57,58)64-43-40(48)41(49)44(62-65(51,52)53)45(42(43)50)63-66(54,55)56/h14,16-17,19,37,40-45,48-50H,3-13,15,18,20-36H2,1-2H3,(H,57,58)(H2,51,52,53)(H2,54,55,56)/t37-,40?,41?,42?,43+,44?,45+/m1/s1. The number of ether oxygens (including phenoxy) is 2. The number of unbranched alkanes of at least 4 members (excludes halogenated alkanes) is 22. The maximum atomic E-state index is 13.1. The monoisotopic (exact) mass is 1020 g/mol. The van der Waals surface area contributed by atoms with Crippen LogP contribution in [0.2, 0.25) is 0 Å². The van der Waals surface area contributed by atoms with Gasteiger partial charge < -0.3 is 49.3 Å². The minimum Gasteiger partial charge on any atom is -0.462 e. The molecule has 1 aliphatic carbocycles. The van der Waals surface area contributed by atoms with Crippen molar-refractivity contribution >= 4 is 35.4 Å². The van der Waals surface area contributed by atoms with Crippen LogP contribution in [0.5, 0.6) is 0 Å². The summed E-state index contributed by atoms with van der Waals surface area (Å²) in [5.41, 5.74) is 0. The van der Waals surface area contributed by atoms with Crippen molar-refractivity contribution in [1.82, 2.24) is 0 Å².